The first kappa shape index (κ1) is 19.2. The smallest absolute Gasteiger partial charge is 0.243 e. The molecule has 134 valence electrons. The fourth-order valence-electron chi connectivity index (χ4n) is 2.86. The summed E-state index contributed by atoms with van der Waals surface area (Å²) in [6.07, 6.45) is 4.57. The summed E-state index contributed by atoms with van der Waals surface area (Å²) in [6, 6.07) is 6.14. The molecule has 2 rings (SSSR count). The summed E-state index contributed by atoms with van der Waals surface area (Å²) >= 11 is 5.82. The first-order valence-electron chi connectivity index (χ1n) is 8.48. The Hall–Kier alpha value is -1.11. The molecule has 1 aromatic carbocycles. The monoisotopic (exact) mass is 372 g/mol. The van der Waals surface area contributed by atoms with E-state index in [9.17, 15) is 13.2 Å². The van der Waals surface area contributed by atoms with Gasteiger partial charge in [0.1, 0.15) is 0 Å². The average molecular weight is 373 g/mol. The van der Waals surface area contributed by atoms with Crippen molar-refractivity contribution in [2.24, 2.45) is 5.92 Å². The third-order valence-electron chi connectivity index (χ3n) is 4.29. The van der Waals surface area contributed by atoms with Crippen molar-refractivity contribution in [2.45, 2.75) is 43.9 Å². The van der Waals surface area contributed by atoms with Gasteiger partial charge in [-0.25, -0.2) is 8.42 Å². The molecule has 1 aromatic rings. The molecule has 1 atom stereocenters. The maximum Gasteiger partial charge on any atom is 0.243 e. The van der Waals surface area contributed by atoms with Crippen LogP contribution in [0, 0.1) is 5.92 Å². The van der Waals surface area contributed by atoms with E-state index in [4.69, 9.17) is 11.6 Å². The fraction of sp³-hybridized carbons (Fsp3) is 0.588. The minimum absolute atomic E-state index is 0.0397. The Balaban J connectivity index is 1.99. The molecule has 0 unspecified atom stereocenters. The Kier molecular flexibility index (Phi) is 7.07. The van der Waals surface area contributed by atoms with E-state index < -0.39 is 10.0 Å². The SMILES string of the molecule is CCCCCNC(=O)[C@H]1CCCN(S(=O)(=O)c2ccc(Cl)cc2)C1. The third-order valence-corrected chi connectivity index (χ3v) is 6.42. The lowest BCUT2D eigenvalue weighted by atomic mass is 9.99. The highest BCUT2D eigenvalue weighted by Crippen LogP contribution is 2.24. The second-order valence-corrected chi connectivity index (χ2v) is 8.53. The zero-order chi connectivity index (χ0) is 17.6. The number of rotatable bonds is 7. The normalized spacial score (nSPS) is 19.2. The Morgan fingerprint density at radius 1 is 1.29 bits per heavy atom. The summed E-state index contributed by atoms with van der Waals surface area (Å²) in [5, 5.41) is 3.43. The number of carbonyl (C=O) groups excluding carboxylic acids is 1. The van der Waals surface area contributed by atoms with E-state index >= 15 is 0 Å². The molecule has 0 radical (unpaired) electrons. The molecule has 5 nitrogen and oxygen atoms in total. The Labute approximate surface area is 149 Å². The summed E-state index contributed by atoms with van der Waals surface area (Å²) in [6.45, 7) is 3.46. The molecule has 1 amide bonds. The van der Waals surface area contributed by atoms with Gasteiger partial charge in [0.15, 0.2) is 0 Å². The van der Waals surface area contributed by atoms with Gasteiger partial charge in [-0.3, -0.25) is 4.79 Å². The van der Waals surface area contributed by atoms with Crippen LogP contribution in [0.3, 0.4) is 0 Å². The van der Waals surface area contributed by atoms with Crippen LogP contribution in [0.1, 0.15) is 39.0 Å². The summed E-state index contributed by atoms with van der Waals surface area (Å²) in [5.74, 6) is -0.315. The lowest BCUT2D eigenvalue weighted by molar-refractivity contribution is -0.126. The van der Waals surface area contributed by atoms with E-state index in [2.05, 4.69) is 12.2 Å². The van der Waals surface area contributed by atoms with E-state index in [1.165, 1.54) is 16.4 Å². The molecule has 1 fully saturated rings. The zero-order valence-electron chi connectivity index (χ0n) is 14.0. The van der Waals surface area contributed by atoms with Crippen molar-refractivity contribution < 1.29 is 13.2 Å². The quantitative estimate of drug-likeness (QED) is 0.748. The summed E-state index contributed by atoms with van der Waals surface area (Å²) in [5.41, 5.74) is 0. The first-order valence-corrected chi connectivity index (χ1v) is 10.3. The standard InChI is InChI=1S/C17H25ClN2O3S/c1-2-3-4-11-19-17(21)14-6-5-12-20(13-14)24(22,23)16-9-7-15(18)8-10-16/h7-10,14H,2-6,11-13H2,1H3,(H,19,21)/t14-/m0/s1. The van der Waals surface area contributed by atoms with Crippen molar-refractivity contribution in [3.8, 4) is 0 Å². The van der Waals surface area contributed by atoms with Crippen molar-refractivity contribution in [3.05, 3.63) is 29.3 Å². The van der Waals surface area contributed by atoms with Gasteiger partial charge >= 0.3 is 0 Å². The minimum Gasteiger partial charge on any atom is -0.356 e. The van der Waals surface area contributed by atoms with Gasteiger partial charge in [-0.2, -0.15) is 4.31 Å². The lowest BCUT2D eigenvalue weighted by Crippen LogP contribution is -2.45. The second kappa shape index (κ2) is 8.83. The number of nitrogens with zero attached hydrogens (tertiary/aromatic N) is 1. The third kappa shape index (κ3) is 4.94. The number of hydrogen-bond acceptors (Lipinski definition) is 3. The topological polar surface area (TPSA) is 66.5 Å². The highest BCUT2D eigenvalue weighted by molar-refractivity contribution is 7.89. The Bertz CT molecular complexity index is 646. The fourth-order valence-corrected chi connectivity index (χ4v) is 4.51. The largest absolute Gasteiger partial charge is 0.356 e. The summed E-state index contributed by atoms with van der Waals surface area (Å²) in [4.78, 5) is 12.5. The van der Waals surface area contributed by atoms with Crippen molar-refractivity contribution in [2.75, 3.05) is 19.6 Å². The summed E-state index contributed by atoms with van der Waals surface area (Å²) in [7, 11) is -3.58. The molecule has 0 aromatic heterocycles. The molecule has 0 bridgehead atoms. The first-order chi connectivity index (χ1) is 11.4. The minimum atomic E-state index is -3.58. The lowest BCUT2D eigenvalue weighted by Gasteiger charge is -2.31. The molecule has 0 saturated carbocycles. The van der Waals surface area contributed by atoms with E-state index in [1.54, 1.807) is 12.1 Å². The predicted molar refractivity (Wildman–Crippen MR) is 95.5 cm³/mol. The van der Waals surface area contributed by atoms with Crippen LogP contribution in [-0.4, -0.2) is 38.3 Å². The van der Waals surface area contributed by atoms with E-state index in [1.807, 2.05) is 0 Å². The molecule has 1 aliphatic rings. The number of benzene rings is 1. The number of carbonyl (C=O) groups is 1. The van der Waals surface area contributed by atoms with Crippen molar-refractivity contribution in [1.29, 1.82) is 0 Å². The second-order valence-electron chi connectivity index (χ2n) is 6.15. The van der Waals surface area contributed by atoms with E-state index in [0.717, 1.165) is 25.7 Å². The Morgan fingerprint density at radius 3 is 2.67 bits per heavy atom. The molecule has 1 heterocycles. The van der Waals surface area contributed by atoms with Crippen LogP contribution >= 0.6 is 11.6 Å². The van der Waals surface area contributed by atoms with Gasteiger partial charge in [0.2, 0.25) is 15.9 Å². The molecule has 1 N–H and O–H groups in total. The average Bonchev–Trinajstić information content (AvgIpc) is 2.59. The van der Waals surface area contributed by atoms with E-state index in [-0.39, 0.29) is 23.3 Å². The van der Waals surface area contributed by atoms with Crippen LogP contribution in [0.25, 0.3) is 0 Å². The molecular weight excluding hydrogens is 348 g/mol. The number of nitrogens with one attached hydrogen (secondary N) is 1. The number of halogens is 1. The van der Waals surface area contributed by atoms with Gasteiger partial charge < -0.3 is 5.32 Å². The molecule has 0 aliphatic carbocycles. The molecule has 24 heavy (non-hydrogen) atoms. The zero-order valence-corrected chi connectivity index (χ0v) is 15.6. The van der Waals surface area contributed by atoms with Gasteiger partial charge in [-0.05, 0) is 43.5 Å². The Morgan fingerprint density at radius 2 is 2.00 bits per heavy atom. The van der Waals surface area contributed by atoms with Gasteiger partial charge in [-0.1, -0.05) is 31.4 Å². The summed E-state index contributed by atoms with van der Waals surface area (Å²) < 4.78 is 26.8. The number of amides is 1. The molecule has 1 saturated heterocycles. The van der Waals surface area contributed by atoms with Crippen molar-refractivity contribution in [3.63, 3.8) is 0 Å². The van der Waals surface area contributed by atoms with Crippen LogP contribution in [0.5, 0.6) is 0 Å². The molecule has 1 aliphatic heterocycles. The van der Waals surface area contributed by atoms with Gasteiger partial charge in [-0.15, -0.1) is 0 Å². The van der Waals surface area contributed by atoms with Crippen molar-refractivity contribution >= 4 is 27.5 Å². The van der Waals surface area contributed by atoms with Crippen LogP contribution in [0.2, 0.25) is 5.02 Å². The number of hydrogen-bond donors (Lipinski definition) is 1. The van der Waals surface area contributed by atoms with Crippen LogP contribution < -0.4 is 5.32 Å². The number of sulfonamides is 1. The van der Waals surface area contributed by atoms with E-state index in [0.29, 0.717) is 24.5 Å². The molecular formula is C17H25ClN2O3S. The highest BCUT2D eigenvalue weighted by Gasteiger charge is 2.33. The highest BCUT2D eigenvalue weighted by atomic mass is 35.5. The number of unbranched alkanes of at least 4 members (excludes halogenated alkanes) is 2. The molecule has 0 spiro atoms. The van der Waals surface area contributed by atoms with Crippen molar-refractivity contribution in [1.82, 2.24) is 9.62 Å². The maximum absolute atomic E-state index is 12.7. The molecule has 7 heteroatoms. The number of piperidine rings is 1. The van der Waals surface area contributed by atoms with Crippen LogP contribution in [0.4, 0.5) is 0 Å². The maximum atomic E-state index is 12.7. The van der Waals surface area contributed by atoms with Crippen LogP contribution in [-0.2, 0) is 14.8 Å². The van der Waals surface area contributed by atoms with Gasteiger partial charge in [0, 0.05) is 24.7 Å². The predicted octanol–water partition coefficient (Wildman–Crippen LogP) is 3.05. The van der Waals surface area contributed by atoms with Gasteiger partial charge in [0.25, 0.3) is 0 Å². The van der Waals surface area contributed by atoms with Crippen LogP contribution in [0.15, 0.2) is 29.2 Å². The van der Waals surface area contributed by atoms with Gasteiger partial charge in [0.05, 0.1) is 10.8 Å².